The number of nitrogens with zero attached hydrogens (tertiary/aromatic N) is 1. The quantitative estimate of drug-likeness (QED) is 0.469. The highest BCUT2D eigenvalue weighted by atomic mass is 16.6. The van der Waals surface area contributed by atoms with Crippen molar-refractivity contribution >= 4 is 11.7 Å². The molecule has 0 atom stereocenters. The lowest BCUT2D eigenvalue weighted by molar-refractivity contribution is -0.385. The highest BCUT2D eigenvalue weighted by molar-refractivity contribution is 5.93. The summed E-state index contributed by atoms with van der Waals surface area (Å²) in [7, 11) is 0. The molecule has 0 amide bonds. The maximum atomic E-state index is 11.7. The molecular formula is C13H11NO5. The summed E-state index contributed by atoms with van der Waals surface area (Å²) in [5.74, 6) is -0.0192. The van der Waals surface area contributed by atoms with Crippen LogP contribution in [0.25, 0.3) is 0 Å². The molecule has 0 N–H and O–H groups in total. The van der Waals surface area contributed by atoms with Crippen LogP contribution in [0.5, 0.6) is 0 Å². The summed E-state index contributed by atoms with van der Waals surface area (Å²) in [6, 6.07) is 9.18. The molecule has 0 aliphatic heterocycles. The van der Waals surface area contributed by atoms with E-state index >= 15 is 0 Å². The standard InChI is InChI=1S/C13H11NO5/c15-13(19-9-7-10-4-3-8-18-10)11-5-1-2-6-12(11)14(16)17/h1-6,8H,7,9H2. The van der Waals surface area contributed by atoms with E-state index in [0.717, 1.165) is 0 Å². The fraction of sp³-hybridized carbons (Fsp3) is 0.154. The van der Waals surface area contributed by atoms with Gasteiger partial charge in [-0.05, 0) is 18.2 Å². The molecule has 98 valence electrons. The molecular weight excluding hydrogens is 250 g/mol. The van der Waals surface area contributed by atoms with Crippen molar-refractivity contribution in [2.45, 2.75) is 6.42 Å². The number of hydrogen-bond acceptors (Lipinski definition) is 5. The predicted molar refractivity (Wildman–Crippen MR) is 65.8 cm³/mol. The summed E-state index contributed by atoms with van der Waals surface area (Å²) in [6.07, 6.45) is 1.96. The van der Waals surface area contributed by atoms with Gasteiger partial charge in [-0.3, -0.25) is 10.1 Å². The summed E-state index contributed by atoms with van der Waals surface area (Å²) >= 11 is 0. The zero-order valence-corrected chi connectivity index (χ0v) is 9.94. The summed E-state index contributed by atoms with van der Waals surface area (Å²) in [6.45, 7) is 0.110. The minimum Gasteiger partial charge on any atom is -0.469 e. The molecule has 0 unspecified atom stereocenters. The fourth-order valence-corrected chi connectivity index (χ4v) is 1.58. The van der Waals surface area contributed by atoms with E-state index in [2.05, 4.69) is 0 Å². The number of benzene rings is 1. The van der Waals surface area contributed by atoms with E-state index in [4.69, 9.17) is 9.15 Å². The molecule has 0 aliphatic carbocycles. The number of carbonyl (C=O) groups is 1. The van der Waals surface area contributed by atoms with Crippen LogP contribution in [0.1, 0.15) is 16.1 Å². The third-order valence-corrected chi connectivity index (χ3v) is 2.48. The van der Waals surface area contributed by atoms with Crippen LogP contribution in [0, 0.1) is 10.1 Å². The molecule has 1 aromatic heterocycles. The van der Waals surface area contributed by atoms with E-state index in [0.29, 0.717) is 12.2 Å². The van der Waals surface area contributed by atoms with Crippen LogP contribution < -0.4 is 0 Å². The Kier molecular flexibility index (Phi) is 3.92. The highest BCUT2D eigenvalue weighted by Crippen LogP contribution is 2.18. The largest absolute Gasteiger partial charge is 0.469 e. The molecule has 0 saturated heterocycles. The molecule has 6 heteroatoms. The number of esters is 1. The lowest BCUT2D eigenvalue weighted by Gasteiger charge is -2.04. The van der Waals surface area contributed by atoms with Crippen LogP contribution in [-0.2, 0) is 11.2 Å². The maximum absolute atomic E-state index is 11.7. The third kappa shape index (κ3) is 3.19. The second kappa shape index (κ2) is 5.81. The molecule has 6 nitrogen and oxygen atoms in total. The summed E-state index contributed by atoms with van der Waals surface area (Å²) in [5.41, 5.74) is -0.308. The number of nitro groups is 1. The highest BCUT2D eigenvalue weighted by Gasteiger charge is 2.20. The Labute approximate surface area is 108 Å². The Morgan fingerprint density at radius 3 is 2.74 bits per heavy atom. The molecule has 1 aromatic carbocycles. The lowest BCUT2D eigenvalue weighted by atomic mass is 10.2. The predicted octanol–water partition coefficient (Wildman–Crippen LogP) is 2.59. The molecule has 0 bridgehead atoms. The first-order chi connectivity index (χ1) is 9.18. The van der Waals surface area contributed by atoms with E-state index in [9.17, 15) is 14.9 Å². The summed E-state index contributed by atoms with van der Waals surface area (Å²) in [4.78, 5) is 21.9. The normalized spacial score (nSPS) is 10.1. The first-order valence-electron chi connectivity index (χ1n) is 5.61. The first-order valence-corrected chi connectivity index (χ1v) is 5.61. The van der Waals surface area contributed by atoms with Crippen molar-refractivity contribution in [1.82, 2.24) is 0 Å². The van der Waals surface area contributed by atoms with Crippen LogP contribution in [0.3, 0.4) is 0 Å². The van der Waals surface area contributed by atoms with E-state index in [1.54, 1.807) is 18.2 Å². The van der Waals surface area contributed by atoms with Crippen LogP contribution in [-0.4, -0.2) is 17.5 Å². The number of ether oxygens (including phenoxy) is 1. The number of furan rings is 1. The van der Waals surface area contributed by atoms with Gasteiger partial charge in [-0.1, -0.05) is 12.1 Å². The summed E-state index contributed by atoms with van der Waals surface area (Å²) in [5, 5.41) is 10.8. The molecule has 1 heterocycles. The van der Waals surface area contributed by atoms with Gasteiger partial charge < -0.3 is 9.15 Å². The Balaban J connectivity index is 1.98. The third-order valence-electron chi connectivity index (χ3n) is 2.48. The number of para-hydroxylation sites is 1. The first kappa shape index (κ1) is 12.8. The lowest BCUT2D eigenvalue weighted by Crippen LogP contribution is -2.10. The molecule has 0 aliphatic rings. The van der Waals surface area contributed by atoms with Crippen molar-refractivity contribution in [2.75, 3.05) is 6.61 Å². The van der Waals surface area contributed by atoms with Gasteiger partial charge in [0.25, 0.3) is 5.69 Å². The van der Waals surface area contributed by atoms with Crippen LogP contribution in [0.15, 0.2) is 47.1 Å². The van der Waals surface area contributed by atoms with Gasteiger partial charge in [0.1, 0.15) is 11.3 Å². The Bertz CT molecular complexity index is 576. The molecule has 0 spiro atoms. The van der Waals surface area contributed by atoms with Crippen molar-refractivity contribution < 1.29 is 18.9 Å². The van der Waals surface area contributed by atoms with Crippen molar-refractivity contribution in [3.63, 3.8) is 0 Å². The topological polar surface area (TPSA) is 82.6 Å². The van der Waals surface area contributed by atoms with Gasteiger partial charge in [0, 0.05) is 12.5 Å². The van der Waals surface area contributed by atoms with Crippen LogP contribution in [0.4, 0.5) is 5.69 Å². The van der Waals surface area contributed by atoms with Crippen LogP contribution in [0.2, 0.25) is 0 Å². The molecule has 19 heavy (non-hydrogen) atoms. The Morgan fingerprint density at radius 1 is 1.26 bits per heavy atom. The van der Waals surface area contributed by atoms with Gasteiger partial charge in [0.05, 0.1) is 17.8 Å². The molecule has 0 fully saturated rings. The monoisotopic (exact) mass is 261 g/mol. The smallest absolute Gasteiger partial charge is 0.345 e. The van der Waals surface area contributed by atoms with Crippen molar-refractivity contribution in [1.29, 1.82) is 0 Å². The zero-order valence-electron chi connectivity index (χ0n) is 9.94. The van der Waals surface area contributed by atoms with Gasteiger partial charge in [-0.15, -0.1) is 0 Å². The average Bonchev–Trinajstić information content (AvgIpc) is 2.91. The Morgan fingerprint density at radius 2 is 2.05 bits per heavy atom. The number of hydrogen-bond donors (Lipinski definition) is 0. The van der Waals surface area contributed by atoms with Crippen LogP contribution >= 0.6 is 0 Å². The van der Waals surface area contributed by atoms with Gasteiger partial charge in [0.15, 0.2) is 0 Å². The van der Waals surface area contributed by atoms with Crippen molar-refractivity contribution in [3.8, 4) is 0 Å². The van der Waals surface area contributed by atoms with Gasteiger partial charge >= 0.3 is 5.97 Å². The molecule has 2 rings (SSSR count). The fourth-order valence-electron chi connectivity index (χ4n) is 1.58. The second-order valence-electron chi connectivity index (χ2n) is 3.74. The van der Waals surface area contributed by atoms with Crippen molar-refractivity contribution in [2.24, 2.45) is 0 Å². The van der Waals surface area contributed by atoms with Gasteiger partial charge in [-0.2, -0.15) is 0 Å². The SMILES string of the molecule is O=C(OCCc1ccco1)c1ccccc1[N+](=O)[O-]. The Hall–Kier alpha value is -2.63. The second-order valence-corrected chi connectivity index (χ2v) is 3.74. The maximum Gasteiger partial charge on any atom is 0.345 e. The van der Waals surface area contributed by atoms with Gasteiger partial charge in [0.2, 0.25) is 0 Å². The number of carbonyl (C=O) groups excluding carboxylic acids is 1. The molecule has 0 saturated carbocycles. The summed E-state index contributed by atoms with van der Waals surface area (Å²) < 4.78 is 10.1. The van der Waals surface area contributed by atoms with Crippen molar-refractivity contribution in [3.05, 3.63) is 64.1 Å². The van der Waals surface area contributed by atoms with E-state index in [-0.39, 0.29) is 17.9 Å². The zero-order chi connectivity index (χ0) is 13.7. The van der Waals surface area contributed by atoms with E-state index < -0.39 is 10.9 Å². The van der Waals surface area contributed by atoms with E-state index in [1.807, 2.05) is 0 Å². The van der Waals surface area contributed by atoms with Gasteiger partial charge in [-0.25, -0.2) is 4.79 Å². The number of nitro benzene ring substituents is 1. The average molecular weight is 261 g/mol. The van der Waals surface area contributed by atoms with E-state index in [1.165, 1.54) is 24.5 Å². The minimum atomic E-state index is -0.709. The minimum absolute atomic E-state index is 0.0491. The molecule has 0 radical (unpaired) electrons. The molecule has 2 aromatic rings. The number of rotatable bonds is 5.